The molecule has 3 aliphatic rings. The van der Waals surface area contributed by atoms with Crippen LogP contribution in [0.1, 0.15) is 6.42 Å². The molecular formula is C22H23ClN4OS. The molecule has 1 atom stereocenters. The molecule has 150 valence electrons. The van der Waals surface area contributed by atoms with Gasteiger partial charge in [0.2, 0.25) is 5.91 Å². The molecule has 1 amide bonds. The van der Waals surface area contributed by atoms with Crippen LogP contribution in [-0.4, -0.2) is 66.1 Å². The number of hydrogen-bond donors (Lipinski definition) is 0. The Morgan fingerprint density at radius 1 is 1.03 bits per heavy atom. The van der Waals surface area contributed by atoms with Crippen LogP contribution < -0.4 is 4.90 Å². The molecule has 0 aromatic heterocycles. The van der Waals surface area contributed by atoms with Crippen LogP contribution in [0.5, 0.6) is 0 Å². The van der Waals surface area contributed by atoms with Gasteiger partial charge < -0.3 is 4.90 Å². The largest absolute Gasteiger partial charge is 0.369 e. The second-order valence-electron chi connectivity index (χ2n) is 7.60. The van der Waals surface area contributed by atoms with Crippen molar-refractivity contribution in [1.29, 1.82) is 0 Å². The van der Waals surface area contributed by atoms with E-state index in [1.54, 1.807) is 11.8 Å². The zero-order chi connectivity index (χ0) is 19.8. The molecule has 0 aliphatic carbocycles. The van der Waals surface area contributed by atoms with Gasteiger partial charge in [-0.1, -0.05) is 29.8 Å². The number of amidine groups is 1. The maximum absolute atomic E-state index is 12.6. The molecule has 2 saturated heterocycles. The van der Waals surface area contributed by atoms with E-state index in [0.29, 0.717) is 18.0 Å². The van der Waals surface area contributed by atoms with Crippen LogP contribution in [0.15, 0.2) is 58.4 Å². The van der Waals surface area contributed by atoms with Crippen molar-refractivity contribution < 1.29 is 4.79 Å². The number of fused-ring (bicyclic) bond motifs is 2. The van der Waals surface area contributed by atoms with Gasteiger partial charge in [0.15, 0.2) is 0 Å². The number of carbonyl (C=O) groups is 1. The number of piperazine rings is 1. The summed E-state index contributed by atoms with van der Waals surface area (Å²) in [4.78, 5) is 25.3. The third-order valence-electron chi connectivity index (χ3n) is 5.78. The monoisotopic (exact) mass is 426 g/mol. The minimum Gasteiger partial charge on any atom is -0.369 e. The van der Waals surface area contributed by atoms with Crippen LogP contribution >= 0.6 is 23.4 Å². The molecule has 3 aliphatic heterocycles. The van der Waals surface area contributed by atoms with Crippen LogP contribution in [0.25, 0.3) is 0 Å². The Morgan fingerprint density at radius 3 is 2.62 bits per heavy atom. The molecule has 5 rings (SSSR count). The Bertz CT molecular complexity index is 943. The van der Waals surface area contributed by atoms with Crippen molar-refractivity contribution >= 4 is 46.5 Å². The first kappa shape index (κ1) is 19.0. The van der Waals surface area contributed by atoms with Crippen molar-refractivity contribution in [1.82, 2.24) is 9.80 Å². The quantitative estimate of drug-likeness (QED) is 0.743. The summed E-state index contributed by atoms with van der Waals surface area (Å²) in [6.45, 7) is 5.65. The Hall–Kier alpha value is -2.02. The Morgan fingerprint density at radius 2 is 1.83 bits per heavy atom. The smallest absolute Gasteiger partial charge is 0.229 e. The van der Waals surface area contributed by atoms with Gasteiger partial charge in [-0.25, -0.2) is 4.99 Å². The summed E-state index contributed by atoms with van der Waals surface area (Å²) in [6.07, 6.45) is 0.535. The zero-order valence-electron chi connectivity index (χ0n) is 16.1. The molecular weight excluding hydrogens is 404 g/mol. The van der Waals surface area contributed by atoms with Gasteiger partial charge >= 0.3 is 0 Å². The first-order chi connectivity index (χ1) is 14.2. The first-order valence-corrected chi connectivity index (χ1v) is 11.3. The number of rotatable bonds is 4. The predicted octanol–water partition coefficient (Wildman–Crippen LogP) is 3.90. The van der Waals surface area contributed by atoms with Crippen LogP contribution in [0.4, 0.5) is 11.4 Å². The number of hydrogen-bond acceptors (Lipinski definition) is 5. The average Bonchev–Trinajstić information content (AvgIpc) is 3.05. The average molecular weight is 427 g/mol. The molecule has 0 bridgehead atoms. The van der Waals surface area contributed by atoms with Crippen LogP contribution in [0.3, 0.4) is 0 Å². The molecule has 2 aromatic carbocycles. The topological polar surface area (TPSA) is 39.2 Å². The number of nitrogens with zero attached hydrogens (tertiary/aromatic N) is 4. The SMILES string of the molecule is O=C1CC2Sc3ccc(Cl)cc3N=C2N1CCN1CCN(c2ccccc2)CC1. The van der Waals surface area contributed by atoms with E-state index in [2.05, 4.69) is 40.1 Å². The highest BCUT2D eigenvalue weighted by molar-refractivity contribution is 8.01. The van der Waals surface area contributed by atoms with Gasteiger partial charge in [0.25, 0.3) is 0 Å². The third-order valence-corrected chi connectivity index (χ3v) is 7.28. The van der Waals surface area contributed by atoms with Crippen molar-refractivity contribution in [2.24, 2.45) is 4.99 Å². The van der Waals surface area contributed by atoms with Gasteiger partial charge in [-0.15, -0.1) is 11.8 Å². The van der Waals surface area contributed by atoms with Crippen molar-refractivity contribution in [2.75, 3.05) is 44.2 Å². The highest BCUT2D eigenvalue weighted by atomic mass is 35.5. The van der Waals surface area contributed by atoms with E-state index in [4.69, 9.17) is 16.6 Å². The molecule has 2 fully saturated rings. The van der Waals surface area contributed by atoms with Crippen molar-refractivity contribution in [3.63, 3.8) is 0 Å². The number of thioether (sulfide) groups is 1. The van der Waals surface area contributed by atoms with Gasteiger partial charge in [0, 0.05) is 61.3 Å². The Kier molecular flexibility index (Phi) is 5.24. The fourth-order valence-corrected chi connectivity index (χ4v) is 5.55. The summed E-state index contributed by atoms with van der Waals surface area (Å²) in [7, 11) is 0. The van der Waals surface area contributed by atoms with Crippen LogP contribution in [0.2, 0.25) is 5.02 Å². The summed E-state index contributed by atoms with van der Waals surface area (Å²) in [6, 6.07) is 16.3. The second-order valence-corrected chi connectivity index (χ2v) is 9.28. The van der Waals surface area contributed by atoms with Gasteiger partial charge in [-0.05, 0) is 30.3 Å². The summed E-state index contributed by atoms with van der Waals surface area (Å²) in [5.74, 6) is 1.08. The van der Waals surface area contributed by atoms with Gasteiger partial charge in [0.05, 0.1) is 10.9 Å². The standard InChI is InChI=1S/C22H23ClN4OS/c23-16-6-7-19-18(14-16)24-22-20(29-19)15-21(28)27(22)13-10-25-8-11-26(12-9-25)17-4-2-1-3-5-17/h1-7,14,20H,8-13,15H2. The van der Waals surface area contributed by atoms with Gasteiger partial charge in [-0.2, -0.15) is 0 Å². The lowest BCUT2D eigenvalue weighted by atomic mass is 10.2. The molecule has 0 radical (unpaired) electrons. The molecule has 0 N–H and O–H groups in total. The highest BCUT2D eigenvalue weighted by Gasteiger charge is 2.39. The van der Waals surface area contributed by atoms with E-state index < -0.39 is 0 Å². The summed E-state index contributed by atoms with van der Waals surface area (Å²) < 4.78 is 0. The van der Waals surface area contributed by atoms with E-state index in [0.717, 1.165) is 49.1 Å². The molecule has 1 unspecified atom stereocenters. The van der Waals surface area contributed by atoms with Gasteiger partial charge in [-0.3, -0.25) is 14.6 Å². The number of para-hydroxylation sites is 1. The van der Waals surface area contributed by atoms with Crippen molar-refractivity contribution in [3.05, 3.63) is 53.6 Å². The van der Waals surface area contributed by atoms with E-state index in [1.807, 2.05) is 23.1 Å². The number of amides is 1. The maximum Gasteiger partial charge on any atom is 0.229 e. The number of likely N-dealkylation sites (tertiary alicyclic amines) is 1. The van der Waals surface area contributed by atoms with E-state index in [1.165, 1.54) is 5.69 Å². The highest BCUT2D eigenvalue weighted by Crippen LogP contribution is 2.43. The summed E-state index contributed by atoms with van der Waals surface area (Å²) in [5, 5.41) is 0.811. The maximum atomic E-state index is 12.6. The fraction of sp³-hybridized carbons (Fsp3) is 0.364. The van der Waals surface area contributed by atoms with E-state index >= 15 is 0 Å². The summed E-state index contributed by atoms with van der Waals surface area (Å²) >= 11 is 7.86. The van der Waals surface area contributed by atoms with E-state index in [-0.39, 0.29) is 11.2 Å². The number of aliphatic imine (C=N–C) groups is 1. The third kappa shape index (κ3) is 3.89. The van der Waals surface area contributed by atoms with Crippen LogP contribution in [0, 0.1) is 0 Å². The number of anilines is 1. The lowest BCUT2D eigenvalue weighted by molar-refractivity contribution is -0.125. The number of halogens is 1. The molecule has 0 saturated carbocycles. The Labute approximate surface area is 180 Å². The van der Waals surface area contributed by atoms with Gasteiger partial charge in [0.1, 0.15) is 5.84 Å². The minimum absolute atomic E-state index is 0.131. The Balaban J connectivity index is 1.22. The normalized spacial score (nSPS) is 21.8. The minimum atomic E-state index is 0.131. The molecule has 2 aromatic rings. The van der Waals surface area contributed by atoms with Crippen LogP contribution in [-0.2, 0) is 4.79 Å². The predicted molar refractivity (Wildman–Crippen MR) is 120 cm³/mol. The molecule has 7 heteroatoms. The molecule has 29 heavy (non-hydrogen) atoms. The number of benzene rings is 2. The van der Waals surface area contributed by atoms with Crippen molar-refractivity contribution in [3.8, 4) is 0 Å². The molecule has 5 nitrogen and oxygen atoms in total. The molecule has 0 spiro atoms. The first-order valence-electron chi connectivity index (χ1n) is 10.0. The molecule has 3 heterocycles. The lowest BCUT2D eigenvalue weighted by Gasteiger charge is -2.36. The number of carbonyl (C=O) groups excluding carboxylic acids is 1. The fourth-order valence-electron chi connectivity index (χ4n) is 4.19. The zero-order valence-corrected chi connectivity index (χ0v) is 17.7. The summed E-state index contributed by atoms with van der Waals surface area (Å²) in [5.41, 5.74) is 2.17. The second kappa shape index (κ2) is 8.01. The van der Waals surface area contributed by atoms with Crippen molar-refractivity contribution in [2.45, 2.75) is 16.6 Å². The van der Waals surface area contributed by atoms with E-state index in [9.17, 15) is 4.79 Å². The lowest BCUT2D eigenvalue weighted by Crippen LogP contribution is -2.49.